The topological polar surface area (TPSA) is 3.24 Å². The highest BCUT2D eigenvalue weighted by atomic mass is 79.9. The molecule has 2 aromatic carbocycles. The Morgan fingerprint density at radius 1 is 1.00 bits per heavy atom. The molecule has 0 saturated carbocycles. The van der Waals surface area contributed by atoms with Gasteiger partial charge in [-0.05, 0) is 54.2 Å². The van der Waals surface area contributed by atoms with E-state index in [9.17, 15) is 0 Å². The Balaban J connectivity index is 1.81. The van der Waals surface area contributed by atoms with E-state index in [-0.39, 0.29) is 0 Å². The van der Waals surface area contributed by atoms with Crippen molar-refractivity contribution in [3.05, 3.63) is 64.7 Å². The molecule has 1 aliphatic heterocycles. The van der Waals surface area contributed by atoms with Gasteiger partial charge < -0.3 is 4.90 Å². The van der Waals surface area contributed by atoms with E-state index in [1.54, 1.807) is 0 Å². The lowest BCUT2D eigenvalue weighted by atomic mass is 10.0. The third kappa shape index (κ3) is 2.76. The highest BCUT2D eigenvalue weighted by molar-refractivity contribution is 9.08. The Labute approximate surface area is 129 Å². The van der Waals surface area contributed by atoms with Crippen LogP contribution in [0.2, 0.25) is 0 Å². The molecule has 0 saturated heterocycles. The quantitative estimate of drug-likeness (QED) is 0.733. The summed E-state index contributed by atoms with van der Waals surface area (Å²) < 4.78 is 0. The maximum Gasteiger partial charge on any atom is 0.0369 e. The first kappa shape index (κ1) is 13.7. The molecular weight excluding hydrogens is 310 g/mol. The summed E-state index contributed by atoms with van der Waals surface area (Å²) in [5.41, 5.74) is 7.15. The summed E-state index contributed by atoms with van der Waals surface area (Å²) in [4.78, 5) is 2.52. The molecule has 0 unspecified atom stereocenters. The predicted molar refractivity (Wildman–Crippen MR) is 89.9 cm³/mol. The zero-order chi connectivity index (χ0) is 13.9. The van der Waals surface area contributed by atoms with Crippen LogP contribution in [-0.4, -0.2) is 13.1 Å². The van der Waals surface area contributed by atoms with Crippen LogP contribution in [0, 0.1) is 6.92 Å². The summed E-state index contributed by atoms with van der Waals surface area (Å²) >= 11 is 3.55. The van der Waals surface area contributed by atoms with Crippen molar-refractivity contribution < 1.29 is 0 Å². The fraction of sp³-hybridized carbons (Fsp3) is 0.333. The highest BCUT2D eigenvalue weighted by Crippen LogP contribution is 2.24. The van der Waals surface area contributed by atoms with Crippen molar-refractivity contribution >= 4 is 21.6 Å². The summed E-state index contributed by atoms with van der Waals surface area (Å²) in [6.45, 7) is 4.43. The normalized spacial score (nSPS) is 14.8. The number of rotatable bonds is 2. The minimum atomic E-state index is 0.935. The number of halogens is 1. The number of fused-ring (bicyclic) bond motifs is 1. The van der Waals surface area contributed by atoms with Crippen LogP contribution in [0.15, 0.2) is 42.5 Å². The molecule has 0 radical (unpaired) electrons. The molecule has 1 heterocycles. The lowest BCUT2D eigenvalue weighted by Gasteiger charge is -2.23. The molecule has 0 aliphatic carbocycles. The third-order valence-corrected chi connectivity index (χ3v) is 4.86. The fourth-order valence-corrected chi connectivity index (χ4v) is 3.58. The molecule has 0 amide bonds. The molecule has 0 fully saturated rings. The van der Waals surface area contributed by atoms with Gasteiger partial charge in [0.2, 0.25) is 0 Å². The van der Waals surface area contributed by atoms with Gasteiger partial charge in [0.1, 0.15) is 0 Å². The molecule has 0 aromatic heterocycles. The van der Waals surface area contributed by atoms with Gasteiger partial charge in [0.15, 0.2) is 0 Å². The number of anilines is 1. The standard InChI is InChI=1S/C18H20BrN/c1-14-12-18(7-6-17(14)13-19)20-10-8-15-4-2-3-5-16(15)9-11-20/h2-7,12H,8-11,13H2,1H3. The number of nitrogens with zero attached hydrogens (tertiary/aromatic N) is 1. The summed E-state index contributed by atoms with van der Waals surface area (Å²) in [6, 6.07) is 15.7. The minimum absolute atomic E-state index is 0.935. The maximum atomic E-state index is 3.55. The van der Waals surface area contributed by atoms with Crippen molar-refractivity contribution in [3.8, 4) is 0 Å². The van der Waals surface area contributed by atoms with Crippen molar-refractivity contribution in [3.63, 3.8) is 0 Å². The molecule has 0 atom stereocenters. The van der Waals surface area contributed by atoms with E-state index >= 15 is 0 Å². The number of hydrogen-bond donors (Lipinski definition) is 0. The average molecular weight is 330 g/mol. The fourth-order valence-electron chi connectivity index (χ4n) is 2.95. The Kier molecular flexibility index (Phi) is 4.11. The summed E-state index contributed by atoms with van der Waals surface area (Å²) in [6.07, 6.45) is 2.30. The minimum Gasteiger partial charge on any atom is -0.371 e. The SMILES string of the molecule is Cc1cc(N2CCc3ccccc3CC2)ccc1CBr. The Morgan fingerprint density at radius 3 is 2.20 bits per heavy atom. The van der Waals surface area contributed by atoms with E-state index in [0.29, 0.717) is 0 Å². The first-order valence-electron chi connectivity index (χ1n) is 7.25. The second-order valence-corrected chi connectivity index (χ2v) is 6.06. The van der Waals surface area contributed by atoms with Gasteiger partial charge in [0, 0.05) is 24.1 Å². The summed E-state index contributed by atoms with van der Waals surface area (Å²) in [5, 5.41) is 0.935. The molecule has 2 heteroatoms. The highest BCUT2D eigenvalue weighted by Gasteiger charge is 2.14. The average Bonchev–Trinajstić information content (AvgIpc) is 2.70. The van der Waals surface area contributed by atoms with Crippen LogP contribution in [0.3, 0.4) is 0 Å². The second kappa shape index (κ2) is 6.01. The largest absolute Gasteiger partial charge is 0.371 e. The number of aryl methyl sites for hydroxylation is 1. The number of hydrogen-bond acceptors (Lipinski definition) is 1. The molecule has 0 N–H and O–H groups in total. The lowest BCUT2D eigenvalue weighted by Crippen LogP contribution is -2.26. The van der Waals surface area contributed by atoms with Crippen molar-refractivity contribution in [2.24, 2.45) is 0 Å². The third-order valence-electron chi connectivity index (χ3n) is 4.26. The van der Waals surface area contributed by atoms with Crippen LogP contribution in [-0.2, 0) is 18.2 Å². The first-order chi connectivity index (χ1) is 9.78. The van der Waals surface area contributed by atoms with Gasteiger partial charge >= 0.3 is 0 Å². The Hall–Kier alpha value is -1.28. The van der Waals surface area contributed by atoms with E-state index in [4.69, 9.17) is 0 Å². The van der Waals surface area contributed by atoms with Gasteiger partial charge in [-0.2, -0.15) is 0 Å². The van der Waals surface area contributed by atoms with Crippen LogP contribution in [0.1, 0.15) is 22.3 Å². The molecule has 0 bridgehead atoms. The molecule has 1 aliphatic rings. The van der Waals surface area contributed by atoms with E-state index in [2.05, 4.69) is 70.2 Å². The first-order valence-corrected chi connectivity index (χ1v) is 8.37. The van der Waals surface area contributed by atoms with Crippen molar-refractivity contribution in [1.29, 1.82) is 0 Å². The lowest BCUT2D eigenvalue weighted by molar-refractivity contribution is 0.805. The van der Waals surface area contributed by atoms with Crippen molar-refractivity contribution in [2.75, 3.05) is 18.0 Å². The Bertz CT molecular complexity index is 579. The van der Waals surface area contributed by atoms with Crippen LogP contribution in [0.5, 0.6) is 0 Å². The van der Waals surface area contributed by atoms with E-state index in [0.717, 1.165) is 31.3 Å². The van der Waals surface area contributed by atoms with Crippen LogP contribution in [0.25, 0.3) is 0 Å². The van der Waals surface area contributed by atoms with Crippen LogP contribution < -0.4 is 4.90 Å². The molecule has 1 nitrogen and oxygen atoms in total. The summed E-state index contributed by atoms with van der Waals surface area (Å²) in [7, 11) is 0. The molecule has 3 rings (SSSR count). The van der Waals surface area contributed by atoms with Gasteiger partial charge in [-0.15, -0.1) is 0 Å². The van der Waals surface area contributed by atoms with E-state index < -0.39 is 0 Å². The smallest absolute Gasteiger partial charge is 0.0369 e. The Morgan fingerprint density at radius 2 is 1.65 bits per heavy atom. The van der Waals surface area contributed by atoms with Crippen LogP contribution in [0.4, 0.5) is 5.69 Å². The zero-order valence-electron chi connectivity index (χ0n) is 11.9. The monoisotopic (exact) mass is 329 g/mol. The van der Waals surface area contributed by atoms with Gasteiger partial charge in [0.25, 0.3) is 0 Å². The van der Waals surface area contributed by atoms with Gasteiger partial charge in [-0.1, -0.05) is 46.3 Å². The van der Waals surface area contributed by atoms with E-state index in [1.807, 2.05) is 0 Å². The van der Waals surface area contributed by atoms with Gasteiger partial charge in [0.05, 0.1) is 0 Å². The molecular formula is C18H20BrN. The number of alkyl halides is 1. The molecule has 20 heavy (non-hydrogen) atoms. The second-order valence-electron chi connectivity index (χ2n) is 5.50. The summed E-state index contributed by atoms with van der Waals surface area (Å²) in [5.74, 6) is 0. The molecule has 104 valence electrons. The zero-order valence-corrected chi connectivity index (χ0v) is 13.5. The van der Waals surface area contributed by atoms with Gasteiger partial charge in [-0.25, -0.2) is 0 Å². The number of benzene rings is 2. The maximum absolute atomic E-state index is 3.55. The van der Waals surface area contributed by atoms with Gasteiger partial charge in [-0.3, -0.25) is 0 Å². The van der Waals surface area contributed by atoms with Crippen molar-refractivity contribution in [2.45, 2.75) is 25.1 Å². The molecule has 2 aromatic rings. The van der Waals surface area contributed by atoms with E-state index in [1.165, 1.54) is 27.9 Å². The molecule has 0 spiro atoms. The van der Waals surface area contributed by atoms with Crippen molar-refractivity contribution in [1.82, 2.24) is 0 Å². The van der Waals surface area contributed by atoms with Crippen LogP contribution >= 0.6 is 15.9 Å². The predicted octanol–water partition coefficient (Wildman–Crippen LogP) is 4.50.